The van der Waals surface area contributed by atoms with Crippen LogP contribution in [0, 0.1) is 0 Å². The van der Waals surface area contributed by atoms with Crippen molar-refractivity contribution in [3.63, 3.8) is 0 Å². The van der Waals surface area contributed by atoms with E-state index in [2.05, 4.69) is 20.0 Å². The third kappa shape index (κ3) is 3.95. The lowest BCUT2D eigenvalue weighted by Crippen LogP contribution is -2.23. The van der Waals surface area contributed by atoms with Crippen molar-refractivity contribution >= 4 is 15.8 Å². The summed E-state index contributed by atoms with van der Waals surface area (Å²) in [6, 6.07) is 9.33. The summed E-state index contributed by atoms with van der Waals surface area (Å²) in [4.78, 5) is 15.3. The van der Waals surface area contributed by atoms with Gasteiger partial charge in [0, 0.05) is 11.8 Å². The van der Waals surface area contributed by atoms with Gasteiger partial charge in [-0.2, -0.15) is 0 Å². The van der Waals surface area contributed by atoms with Crippen molar-refractivity contribution in [1.29, 1.82) is 0 Å². The van der Waals surface area contributed by atoms with Crippen molar-refractivity contribution in [3.8, 4) is 5.69 Å². The molecule has 0 aliphatic carbocycles. The van der Waals surface area contributed by atoms with Crippen LogP contribution in [-0.4, -0.2) is 34.2 Å². The maximum absolute atomic E-state index is 12.3. The first kappa shape index (κ1) is 16.9. The van der Waals surface area contributed by atoms with E-state index in [4.69, 9.17) is 0 Å². The van der Waals surface area contributed by atoms with Gasteiger partial charge in [0.25, 0.3) is 0 Å². The van der Waals surface area contributed by atoms with Crippen molar-refractivity contribution in [1.82, 2.24) is 24.7 Å². The van der Waals surface area contributed by atoms with Gasteiger partial charge in [-0.3, -0.25) is 9.78 Å². The molecule has 0 aliphatic rings. The molecule has 3 aromatic rings. The van der Waals surface area contributed by atoms with Crippen molar-refractivity contribution in [2.75, 3.05) is 0 Å². The van der Waals surface area contributed by atoms with Crippen molar-refractivity contribution in [2.45, 2.75) is 18.4 Å². The Morgan fingerprint density at radius 3 is 2.60 bits per heavy atom. The fraction of sp³-hybridized carbons (Fsp3) is 0.125. The molecule has 0 unspecified atom stereocenters. The standard InChI is InChI=1S/C16H15N5O3S/c1-12(22)13-4-6-16(7-5-13)25(23,24)18-9-14-11-21(20-19-14)15-3-2-8-17-10-15/h2-8,10-11,18H,9H2,1H3. The van der Waals surface area contributed by atoms with E-state index in [0.717, 1.165) is 5.69 Å². The van der Waals surface area contributed by atoms with Gasteiger partial charge >= 0.3 is 0 Å². The molecule has 0 saturated heterocycles. The van der Waals surface area contributed by atoms with Crippen molar-refractivity contribution in [2.24, 2.45) is 0 Å². The lowest BCUT2D eigenvalue weighted by atomic mass is 10.2. The van der Waals surface area contributed by atoms with Gasteiger partial charge in [0.15, 0.2) is 5.78 Å². The summed E-state index contributed by atoms with van der Waals surface area (Å²) in [6.45, 7) is 1.42. The van der Waals surface area contributed by atoms with E-state index in [1.54, 1.807) is 24.7 Å². The van der Waals surface area contributed by atoms with E-state index in [9.17, 15) is 13.2 Å². The van der Waals surface area contributed by atoms with Gasteiger partial charge in [-0.15, -0.1) is 5.10 Å². The Balaban J connectivity index is 1.70. The van der Waals surface area contributed by atoms with Crippen LogP contribution < -0.4 is 4.72 Å². The van der Waals surface area contributed by atoms with Crippen molar-refractivity contribution < 1.29 is 13.2 Å². The summed E-state index contributed by atoms with van der Waals surface area (Å²) >= 11 is 0. The van der Waals surface area contributed by atoms with Gasteiger partial charge < -0.3 is 0 Å². The quantitative estimate of drug-likeness (QED) is 0.667. The summed E-state index contributed by atoms with van der Waals surface area (Å²) < 4.78 is 28.6. The predicted octanol–water partition coefficient (Wildman–Crippen LogP) is 1.34. The smallest absolute Gasteiger partial charge is 0.240 e. The second kappa shape index (κ2) is 6.91. The van der Waals surface area contributed by atoms with Crippen LogP contribution in [-0.2, 0) is 16.6 Å². The minimum Gasteiger partial charge on any atom is -0.295 e. The Hall–Kier alpha value is -2.91. The Bertz CT molecular complexity index is 982. The lowest BCUT2D eigenvalue weighted by molar-refractivity contribution is 0.101. The molecule has 8 nitrogen and oxygen atoms in total. The third-order valence-electron chi connectivity index (χ3n) is 3.47. The monoisotopic (exact) mass is 357 g/mol. The van der Waals surface area contributed by atoms with E-state index in [0.29, 0.717) is 11.3 Å². The molecular formula is C16H15N5O3S. The zero-order valence-electron chi connectivity index (χ0n) is 13.3. The molecule has 2 aromatic heterocycles. The number of sulfonamides is 1. The van der Waals surface area contributed by atoms with Crippen LogP contribution in [0.5, 0.6) is 0 Å². The molecule has 1 N–H and O–H groups in total. The number of Topliss-reactive ketones (excluding diaryl/α,β-unsaturated/α-hetero) is 1. The van der Waals surface area contributed by atoms with Crippen LogP contribution >= 0.6 is 0 Å². The lowest BCUT2D eigenvalue weighted by Gasteiger charge is -2.05. The zero-order chi connectivity index (χ0) is 17.9. The molecule has 0 spiro atoms. The minimum atomic E-state index is -3.71. The Kier molecular flexibility index (Phi) is 4.68. The number of carbonyl (C=O) groups excluding carboxylic acids is 1. The van der Waals surface area contributed by atoms with Crippen LogP contribution in [0.25, 0.3) is 5.69 Å². The maximum atomic E-state index is 12.3. The molecule has 3 rings (SSSR count). The normalized spacial score (nSPS) is 11.4. The Morgan fingerprint density at radius 2 is 1.96 bits per heavy atom. The summed E-state index contributed by atoms with van der Waals surface area (Å²) in [5.41, 5.74) is 1.65. The molecule has 0 radical (unpaired) electrons. The van der Waals surface area contributed by atoms with E-state index < -0.39 is 10.0 Å². The summed E-state index contributed by atoms with van der Waals surface area (Å²) in [5.74, 6) is -0.121. The molecule has 2 heterocycles. The number of aromatic nitrogens is 4. The van der Waals surface area contributed by atoms with Gasteiger partial charge in [0.2, 0.25) is 10.0 Å². The molecule has 0 amide bonds. The maximum Gasteiger partial charge on any atom is 0.240 e. The van der Waals surface area contributed by atoms with Crippen LogP contribution in [0.2, 0.25) is 0 Å². The number of nitrogens with one attached hydrogen (secondary N) is 1. The second-order valence-corrected chi connectivity index (χ2v) is 7.04. The highest BCUT2D eigenvalue weighted by Gasteiger charge is 2.15. The number of ketones is 1. The number of benzene rings is 1. The molecule has 128 valence electrons. The molecule has 0 atom stereocenters. The first-order valence-electron chi connectivity index (χ1n) is 7.38. The largest absolute Gasteiger partial charge is 0.295 e. The van der Waals surface area contributed by atoms with E-state index in [1.807, 2.05) is 6.07 Å². The topological polar surface area (TPSA) is 107 Å². The average Bonchev–Trinajstić information content (AvgIpc) is 3.10. The SMILES string of the molecule is CC(=O)c1ccc(S(=O)(=O)NCc2cn(-c3cccnc3)nn2)cc1. The van der Waals surface area contributed by atoms with Crippen molar-refractivity contribution in [3.05, 3.63) is 66.2 Å². The number of pyridine rings is 1. The molecule has 0 saturated carbocycles. The molecular weight excluding hydrogens is 342 g/mol. The van der Waals surface area contributed by atoms with E-state index in [-0.39, 0.29) is 17.2 Å². The van der Waals surface area contributed by atoms with Gasteiger partial charge in [-0.1, -0.05) is 17.3 Å². The number of hydrogen-bond acceptors (Lipinski definition) is 6. The number of rotatable bonds is 6. The fourth-order valence-corrected chi connectivity index (χ4v) is 3.11. The first-order valence-corrected chi connectivity index (χ1v) is 8.86. The zero-order valence-corrected chi connectivity index (χ0v) is 14.1. The van der Waals surface area contributed by atoms with Crippen LogP contribution in [0.15, 0.2) is 59.9 Å². The fourth-order valence-electron chi connectivity index (χ4n) is 2.12. The predicted molar refractivity (Wildman–Crippen MR) is 89.6 cm³/mol. The number of nitrogens with zero attached hydrogens (tertiary/aromatic N) is 4. The van der Waals surface area contributed by atoms with Crippen LogP contribution in [0.3, 0.4) is 0 Å². The van der Waals surface area contributed by atoms with Crippen LogP contribution in [0.1, 0.15) is 23.0 Å². The molecule has 9 heteroatoms. The van der Waals surface area contributed by atoms with Gasteiger partial charge in [0.05, 0.1) is 35.2 Å². The molecule has 0 fully saturated rings. The van der Waals surface area contributed by atoms with Crippen LogP contribution in [0.4, 0.5) is 0 Å². The Labute approximate surface area is 144 Å². The van der Waals surface area contributed by atoms with E-state index in [1.165, 1.54) is 35.9 Å². The van der Waals surface area contributed by atoms with Gasteiger partial charge in [0.1, 0.15) is 0 Å². The van der Waals surface area contributed by atoms with Gasteiger partial charge in [-0.25, -0.2) is 17.8 Å². The summed E-state index contributed by atoms with van der Waals surface area (Å²) in [7, 11) is -3.71. The second-order valence-electron chi connectivity index (χ2n) is 5.27. The summed E-state index contributed by atoms with van der Waals surface area (Å²) in [5, 5.41) is 7.89. The number of carbonyl (C=O) groups is 1. The molecule has 0 bridgehead atoms. The van der Waals surface area contributed by atoms with Gasteiger partial charge in [-0.05, 0) is 31.2 Å². The highest BCUT2D eigenvalue weighted by atomic mass is 32.2. The molecule has 0 aliphatic heterocycles. The first-order chi connectivity index (χ1) is 12.0. The molecule has 1 aromatic carbocycles. The third-order valence-corrected chi connectivity index (χ3v) is 4.88. The summed E-state index contributed by atoms with van der Waals surface area (Å²) in [6.07, 6.45) is 4.89. The highest BCUT2D eigenvalue weighted by molar-refractivity contribution is 7.89. The average molecular weight is 357 g/mol. The molecule has 25 heavy (non-hydrogen) atoms. The Morgan fingerprint density at radius 1 is 1.20 bits per heavy atom. The number of hydrogen-bond donors (Lipinski definition) is 1. The highest BCUT2D eigenvalue weighted by Crippen LogP contribution is 2.12. The van der Waals surface area contributed by atoms with E-state index >= 15 is 0 Å². The minimum absolute atomic E-state index is 0.00292.